The lowest BCUT2D eigenvalue weighted by molar-refractivity contribution is -0.136. The van der Waals surface area contributed by atoms with Gasteiger partial charge in [-0.25, -0.2) is 0 Å². The molecule has 0 amide bonds. The fourth-order valence-corrected chi connectivity index (χ4v) is 0.785. The SMILES string of the molecule is Cn1nc(CC(=O)O)cc1N. The molecule has 0 radical (unpaired) electrons. The van der Waals surface area contributed by atoms with Crippen molar-refractivity contribution in [3.8, 4) is 0 Å². The monoisotopic (exact) mass is 155 g/mol. The van der Waals surface area contributed by atoms with E-state index in [4.69, 9.17) is 10.8 Å². The van der Waals surface area contributed by atoms with Crippen LogP contribution >= 0.6 is 0 Å². The van der Waals surface area contributed by atoms with E-state index in [0.29, 0.717) is 11.5 Å². The second-order valence-corrected chi connectivity index (χ2v) is 2.25. The van der Waals surface area contributed by atoms with E-state index in [-0.39, 0.29) is 6.42 Å². The number of carboxylic acids is 1. The van der Waals surface area contributed by atoms with Crippen LogP contribution in [0.2, 0.25) is 0 Å². The summed E-state index contributed by atoms with van der Waals surface area (Å²) < 4.78 is 1.44. The molecular weight excluding hydrogens is 146 g/mol. The molecule has 0 saturated heterocycles. The van der Waals surface area contributed by atoms with Crippen molar-refractivity contribution in [2.75, 3.05) is 5.73 Å². The second kappa shape index (κ2) is 2.61. The quantitative estimate of drug-likeness (QED) is 0.610. The molecule has 1 aromatic rings. The Morgan fingerprint density at radius 1 is 1.91 bits per heavy atom. The Kier molecular flexibility index (Phi) is 1.80. The molecule has 0 bridgehead atoms. The normalized spacial score (nSPS) is 9.91. The predicted molar refractivity (Wildman–Crippen MR) is 39.0 cm³/mol. The first-order valence-corrected chi connectivity index (χ1v) is 3.10. The smallest absolute Gasteiger partial charge is 0.309 e. The average molecular weight is 155 g/mol. The number of carboxylic acid groups (broad SMARTS) is 1. The first kappa shape index (κ1) is 7.59. The van der Waals surface area contributed by atoms with Crippen molar-refractivity contribution < 1.29 is 9.90 Å². The van der Waals surface area contributed by atoms with Crippen LogP contribution in [-0.4, -0.2) is 20.9 Å². The highest BCUT2D eigenvalue weighted by atomic mass is 16.4. The fraction of sp³-hybridized carbons (Fsp3) is 0.333. The van der Waals surface area contributed by atoms with E-state index < -0.39 is 5.97 Å². The zero-order valence-electron chi connectivity index (χ0n) is 6.11. The lowest BCUT2D eigenvalue weighted by Crippen LogP contribution is -2.01. The summed E-state index contributed by atoms with van der Waals surface area (Å²) in [7, 11) is 1.67. The van der Waals surface area contributed by atoms with Crippen LogP contribution in [0, 0.1) is 0 Å². The van der Waals surface area contributed by atoms with Crippen molar-refractivity contribution in [1.82, 2.24) is 9.78 Å². The molecule has 0 aliphatic heterocycles. The molecule has 0 aliphatic rings. The summed E-state index contributed by atoms with van der Waals surface area (Å²) in [5.41, 5.74) is 5.91. The van der Waals surface area contributed by atoms with Gasteiger partial charge >= 0.3 is 5.97 Å². The third-order valence-corrected chi connectivity index (χ3v) is 1.30. The Labute approximate surface area is 63.4 Å². The van der Waals surface area contributed by atoms with E-state index in [1.165, 1.54) is 4.68 Å². The molecule has 1 rings (SSSR count). The van der Waals surface area contributed by atoms with Crippen LogP contribution in [0.15, 0.2) is 6.07 Å². The van der Waals surface area contributed by atoms with Gasteiger partial charge < -0.3 is 10.8 Å². The number of nitrogens with two attached hydrogens (primary N) is 1. The molecule has 0 aromatic carbocycles. The molecule has 3 N–H and O–H groups in total. The molecule has 0 saturated carbocycles. The van der Waals surface area contributed by atoms with Gasteiger partial charge in [0, 0.05) is 13.1 Å². The van der Waals surface area contributed by atoms with Crippen molar-refractivity contribution in [1.29, 1.82) is 0 Å². The second-order valence-electron chi connectivity index (χ2n) is 2.25. The van der Waals surface area contributed by atoms with Gasteiger partial charge in [0.25, 0.3) is 0 Å². The van der Waals surface area contributed by atoms with Gasteiger partial charge in [0.05, 0.1) is 12.1 Å². The average Bonchev–Trinajstić information content (AvgIpc) is 2.10. The molecule has 0 spiro atoms. The molecule has 0 aliphatic carbocycles. The van der Waals surface area contributed by atoms with Crippen LogP contribution in [-0.2, 0) is 18.3 Å². The Bertz CT molecular complexity index is 260. The number of hydrogen-bond acceptors (Lipinski definition) is 3. The van der Waals surface area contributed by atoms with E-state index in [1.807, 2.05) is 0 Å². The Balaban J connectivity index is 2.81. The van der Waals surface area contributed by atoms with E-state index in [9.17, 15) is 4.79 Å². The highest BCUT2D eigenvalue weighted by Crippen LogP contribution is 2.04. The van der Waals surface area contributed by atoms with Crippen molar-refractivity contribution in [2.24, 2.45) is 7.05 Å². The maximum Gasteiger partial charge on any atom is 0.309 e. The summed E-state index contributed by atoms with van der Waals surface area (Å²) in [5, 5.41) is 12.2. The van der Waals surface area contributed by atoms with E-state index in [0.717, 1.165) is 0 Å². The molecule has 0 fully saturated rings. The zero-order valence-corrected chi connectivity index (χ0v) is 6.11. The fourth-order valence-electron chi connectivity index (χ4n) is 0.785. The molecule has 5 nitrogen and oxygen atoms in total. The van der Waals surface area contributed by atoms with Crippen LogP contribution in [0.4, 0.5) is 5.82 Å². The summed E-state index contributed by atoms with van der Waals surface area (Å²) in [6.07, 6.45) is -0.0783. The first-order chi connectivity index (χ1) is 5.09. The summed E-state index contributed by atoms with van der Waals surface area (Å²) in [6.45, 7) is 0. The van der Waals surface area contributed by atoms with Crippen molar-refractivity contribution >= 4 is 11.8 Å². The minimum Gasteiger partial charge on any atom is -0.481 e. The van der Waals surface area contributed by atoms with Gasteiger partial charge in [-0.15, -0.1) is 0 Å². The van der Waals surface area contributed by atoms with Crippen LogP contribution in [0.3, 0.4) is 0 Å². The van der Waals surface area contributed by atoms with E-state index >= 15 is 0 Å². The molecule has 1 heterocycles. The maximum atomic E-state index is 10.2. The topological polar surface area (TPSA) is 81.1 Å². The number of rotatable bonds is 2. The number of anilines is 1. The Morgan fingerprint density at radius 3 is 2.91 bits per heavy atom. The van der Waals surface area contributed by atoms with Gasteiger partial charge in [-0.2, -0.15) is 5.10 Å². The van der Waals surface area contributed by atoms with Crippen LogP contribution < -0.4 is 5.73 Å². The molecule has 11 heavy (non-hydrogen) atoms. The lowest BCUT2D eigenvalue weighted by atomic mass is 10.3. The Hall–Kier alpha value is -1.52. The molecule has 5 heteroatoms. The number of nitrogen functional groups attached to an aromatic ring is 1. The minimum atomic E-state index is -0.900. The van der Waals surface area contributed by atoms with Gasteiger partial charge in [0.2, 0.25) is 0 Å². The number of aryl methyl sites for hydroxylation is 1. The first-order valence-electron chi connectivity index (χ1n) is 3.10. The molecule has 0 unspecified atom stereocenters. The largest absolute Gasteiger partial charge is 0.481 e. The van der Waals surface area contributed by atoms with Crippen molar-refractivity contribution in [3.63, 3.8) is 0 Å². The molecule has 60 valence electrons. The predicted octanol–water partition coefficient (Wildman–Crippen LogP) is -0.371. The van der Waals surface area contributed by atoms with Gasteiger partial charge in [-0.05, 0) is 0 Å². The number of carbonyl (C=O) groups is 1. The highest BCUT2D eigenvalue weighted by Gasteiger charge is 2.05. The van der Waals surface area contributed by atoms with Gasteiger partial charge in [-0.1, -0.05) is 0 Å². The molecule has 1 aromatic heterocycles. The summed E-state index contributed by atoms with van der Waals surface area (Å²) in [5.74, 6) is -0.427. The Morgan fingerprint density at radius 2 is 2.55 bits per heavy atom. The van der Waals surface area contributed by atoms with E-state index in [1.54, 1.807) is 13.1 Å². The zero-order chi connectivity index (χ0) is 8.43. The maximum absolute atomic E-state index is 10.2. The number of aromatic nitrogens is 2. The van der Waals surface area contributed by atoms with Gasteiger partial charge in [-0.3, -0.25) is 9.48 Å². The van der Waals surface area contributed by atoms with E-state index in [2.05, 4.69) is 5.10 Å². The van der Waals surface area contributed by atoms with Crippen LogP contribution in [0.1, 0.15) is 5.69 Å². The lowest BCUT2D eigenvalue weighted by Gasteiger charge is -1.88. The summed E-state index contributed by atoms with van der Waals surface area (Å²) >= 11 is 0. The van der Waals surface area contributed by atoms with Crippen molar-refractivity contribution in [3.05, 3.63) is 11.8 Å². The van der Waals surface area contributed by atoms with Crippen molar-refractivity contribution in [2.45, 2.75) is 6.42 Å². The summed E-state index contributed by atoms with van der Waals surface area (Å²) in [4.78, 5) is 10.2. The number of aliphatic carboxylic acids is 1. The molecular formula is C6H9N3O2. The highest BCUT2D eigenvalue weighted by molar-refractivity contribution is 5.69. The third-order valence-electron chi connectivity index (χ3n) is 1.30. The minimum absolute atomic E-state index is 0.0783. The van der Waals surface area contributed by atoms with Gasteiger partial charge in [0.15, 0.2) is 0 Å². The standard InChI is InChI=1S/C6H9N3O2/c1-9-5(7)2-4(8-9)3-6(10)11/h2H,3,7H2,1H3,(H,10,11). The number of nitrogens with zero attached hydrogens (tertiary/aromatic N) is 2. The number of hydrogen-bond donors (Lipinski definition) is 2. The molecule has 0 atom stereocenters. The van der Waals surface area contributed by atoms with Gasteiger partial charge in [0.1, 0.15) is 5.82 Å². The van der Waals surface area contributed by atoms with Crippen LogP contribution in [0.5, 0.6) is 0 Å². The summed E-state index contributed by atoms with van der Waals surface area (Å²) in [6, 6.07) is 1.55. The third kappa shape index (κ3) is 1.70. The van der Waals surface area contributed by atoms with Crippen LogP contribution in [0.25, 0.3) is 0 Å².